The Kier molecular flexibility index (Phi) is 6.56. The molecule has 1 aliphatic carbocycles. The van der Waals surface area contributed by atoms with Gasteiger partial charge in [0.15, 0.2) is 5.58 Å². The summed E-state index contributed by atoms with van der Waals surface area (Å²) in [7, 11) is 0. The average Bonchev–Trinajstić information content (AvgIpc) is 3.85. The van der Waals surface area contributed by atoms with Gasteiger partial charge in [-0.1, -0.05) is 92.7 Å². The second-order valence-electron chi connectivity index (χ2n) is 14.9. The van der Waals surface area contributed by atoms with Gasteiger partial charge >= 0.3 is 0 Å². The van der Waals surface area contributed by atoms with Crippen molar-refractivity contribution in [3.63, 3.8) is 0 Å². The van der Waals surface area contributed by atoms with Gasteiger partial charge in [0.25, 0.3) is 0 Å². The van der Waals surface area contributed by atoms with Gasteiger partial charge in [-0.3, -0.25) is 0 Å². The summed E-state index contributed by atoms with van der Waals surface area (Å²) in [6.07, 6.45) is 0. The maximum atomic E-state index is 6.36. The lowest BCUT2D eigenvalue weighted by molar-refractivity contribution is 0.619. The van der Waals surface area contributed by atoms with E-state index in [4.69, 9.17) is 9.40 Å². The number of fused-ring (bicyclic) bond motifs is 8. The minimum atomic E-state index is -0.179. The van der Waals surface area contributed by atoms with Crippen LogP contribution in [0.5, 0.6) is 0 Å². The van der Waals surface area contributed by atoms with Crippen molar-refractivity contribution in [2.75, 3.05) is 4.90 Å². The predicted octanol–water partition coefficient (Wildman–Crippen LogP) is 13.5. The second-order valence-corrected chi connectivity index (χ2v) is 14.9. The largest absolute Gasteiger partial charge is 0.436 e. The van der Waals surface area contributed by atoms with Crippen LogP contribution in [0.2, 0.25) is 0 Å². The van der Waals surface area contributed by atoms with Gasteiger partial charge in [-0.2, -0.15) is 0 Å². The van der Waals surface area contributed by atoms with Crippen LogP contribution in [0.3, 0.4) is 0 Å². The predicted molar refractivity (Wildman–Crippen MR) is 224 cm³/mol. The van der Waals surface area contributed by atoms with Gasteiger partial charge in [-0.15, -0.1) is 0 Å². The van der Waals surface area contributed by atoms with Gasteiger partial charge in [0.2, 0.25) is 5.89 Å². The molecule has 11 rings (SSSR count). The minimum absolute atomic E-state index is 0.179. The van der Waals surface area contributed by atoms with Gasteiger partial charge in [0.1, 0.15) is 5.52 Å². The van der Waals surface area contributed by atoms with Crippen LogP contribution in [0.15, 0.2) is 180 Å². The lowest BCUT2D eigenvalue weighted by Gasteiger charge is -2.26. The molecule has 0 bridgehead atoms. The van der Waals surface area contributed by atoms with Crippen LogP contribution in [-0.2, 0) is 5.41 Å². The Balaban J connectivity index is 1.07. The lowest BCUT2D eigenvalue weighted by Crippen LogP contribution is -2.15. The zero-order chi connectivity index (χ0) is 36.0. The molecule has 8 aromatic carbocycles. The first kappa shape index (κ1) is 30.7. The van der Waals surface area contributed by atoms with Crippen molar-refractivity contribution in [1.29, 1.82) is 0 Å². The Bertz CT molecular complexity index is 3070. The lowest BCUT2D eigenvalue weighted by atomic mass is 9.82. The summed E-state index contributed by atoms with van der Waals surface area (Å²) < 4.78 is 8.73. The molecule has 0 radical (unpaired) electrons. The van der Waals surface area contributed by atoms with Crippen LogP contribution in [0.1, 0.15) is 25.0 Å². The smallest absolute Gasteiger partial charge is 0.227 e. The first-order valence-corrected chi connectivity index (χ1v) is 18.5. The van der Waals surface area contributed by atoms with Gasteiger partial charge in [0.05, 0.1) is 11.0 Å². The summed E-state index contributed by atoms with van der Waals surface area (Å²) in [5, 5.41) is 4.87. The van der Waals surface area contributed by atoms with Crippen LogP contribution in [-0.4, -0.2) is 9.55 Å². The van der Waals surface area contributed by atoms with Crippen molar-refractivity contribution < 1.29 is 4.42 Å². The number of rotatable bonds is 5. The summed E-state index contributed by atoms with van der Waals surface area (Å²) in [6, 6.07) is 63.1. The van der Waals surface area contributed by atoms with Crippen molar-refractivity contribution >= 4 is 60.7 Å². The molecule has 0 amide bonds. The molecule has 0 N–H and O–H groups in total. The van der Waals surface area contributed by atoms with E-state index in [0.717, 1.165) is 39.4 Å². The van der Waals surface area contributed by atoms with Crippen molar-refractivity contribution in [1.82, 2.24) is 9.55 Å². The standard InChI is InChI=1S/C50H35N3O/c1-50(2)43-28-33-22-23-37(26-34(33)27-40(43)41-30-48-45(31-44(41)50)51-49(54-48)32-14-6-3-7-15-32)52(35-16-8-4-9-17-35)38-24-25-47-42(29-38)39-20-12-13-21-46(39)53(47)36-18-10-5-11-19-36/h3-31H,1-2H3. The Morgan fingerprint density at radius 3 is 1.98 bits per heavy atom. The molecule has 4 nitrogen and oxygen atoms in total. The van der Waals surface area contributed by atoms with E-state index in [-0.39, 0.29) is 5.41 Å². The number of nitrogens with zero attached hydrogens (tertiary/aromatic N) is 3. The fraction of sp³-hybridized carbons (Fsp3) is 0.0600. The molecular formula is C50H35N3O. The van der Waals surface area contributed by atoms with E-state index in [1.807, 2.05) is 30.3 Å². The Morgan fingerprint density at radius 1 is 0.519 bits per heavy atom. The molecule has 0 unspecified atom stereocenters. The number of benzene rings is 8. The summed E-state index contributed by atoms with van der Waals surface area (Å²) in [4.78, 5) is 7.29. The third-order valence-corrected chi connectivity index (χ3v) is 11.3. The Hall–Kier alpha value is -6.91. The molecule has 0 fully saturated rings. The zero-order valence-electron chi connectivity index (χ0n) is 30.0. The molecule has 2 aromatic heterocycles. The number of para-hydroxylation sites is 3. The molecule has 0 spiro atoms. The molecular weight excluding hydrogens is 659 g/mol. The molecule has 54 heavy (non-hydrogen) atoms. The zero-order valence-corrected chi connectivity index (χ0v) is 30.0. The van der Waals surface area contributed by atoms with Crippen molar-refractivity contribution in [3.8, 4) is 28.3 Å². The van der Waals surface area contributed by atoms with E-state index >= 15 is 0 Å². The summed E-state index contributed by atoms with van der Waals surface area (Å²) >= 11 is 0. The number of anilines is 3. The molecule has 1 aliphatic rings. The minimum Gasteiger partial charge on any atom is -0.436 e. The highest BCUT2D eigenvalue weighted by molar-refractivity contribution is 6.11. The van der Waals surface area contributed by atoms with Crippen LogP contribution >= 0.6 is 0 Å². The van der Waals surface area contributed by atoms with E-state index < -0.39 is 0 Å². The summed E-state index contributed by atoms with van der Waals surface area (Å²) in [5.74, 6) is 0.652. The van der Waals surface area contributed by atoms with Crippen molar-refractivity contribution in [2.24, 2.45) is 0 Å². The third-order valence-electron chi connectivity index (χ3n) is 11.3. The topological polar surface area (TPSA) is 34.2 Å². The fourth-order valence-electron chi connectivity index (χ4n) is 8.71. The maximum Gasteiger partial charge on any atom is 0.227 e. The van der Waals surface area contributed by atoms with E-state index in [0.29, 0.717) is 5.89 Å². The van der Waals surface area contributed by atoms with Gasteiger partial charge in [0, 0.05) is 44.5 Å². The van der Waals surface area contributed by atoms with Crippen molar-refractivity contribution in [2.45, 2.75) is 19.3 Å². The molecule has 0 saturated carbocycles. The molecule has 0 aliphatic heterocycles. The highest BCUT2D eigenvalue weighted by Gasteiger charge is 2.37. The van der Waals surface area contributed by atoms with E-state index in [1.54, 1.807) is 0 Å². The first-order valence-electron chi connectivity index (χ1n) is 18.5. The van der Waals surface area contributed by atoms with Crippen molar-refractivity contribution in [3.05, 3.63) is 187 Å². The van der Waals surface area contributed by atoms with E-state index in [9.17, 15) is 0 Å². The monoisotopic (exact) mass is 693 g/mol. The van der Waals surface area contributed by atoms with E-state index in [2.05, 4.69) is 169 Å². The van der Waals surface area contributed by atoms with Gasteiger partial charge < -0.3 is 13.9 Å². The Labute approximate surface area is 313 Å². The summed E-state index contributed by atoms with van der Waals surface area (Å²) in [5.41, 5.74) is 14.4. The number of aromatic nitrogens is 2. The highest BCUT2D eigenvalue weighted by atomic mass is 16.3. The summed E-state index contributed by atoms with van der Waals surface area (Å²) in [6.45, 7) is 4.65. The average molecular weight is 694 g/mol. The number of hydrogen-bond donors (Lipinski definition) is 0. The van der Waals surface area contributed by atoms with Crippen LogP contribution < -0.4 is 4.90 Å². The molecule has 10 aromatic rings. The normalized spacial score (nSPS) is 13.1. The van der Waals surface area contributed by atoms with E-state index in [1.165, 1.54) is 54.8 Å². The first-order chi connectivity index (χ1) is 26.5. The number of hydrogen-bond acceptors (Lipinski definition) is 3. The highest BCUT2D eigenvalue weighted by Crippen LogP contribution is 2.52. The maximum absolute atomic E-state index is 6.36. The fourth-order valence-corrected chi connectivity index (χ4v) is 8.71. The third kappa shape index (κ3) is 4.60. The van der Waals surface area contributed by atoms with Crippen LogP contribution in [0.25, 0.3) is 71.9 Å². The van der Waals surface area contributed by atoms with Crippen LogP contribution in [0.4, 0.5) is 17.1 Å². The molecule has 0 saturated heterocycles. The van der Waals surface area contributed by atoms with Gasteiger partial charge in [-0.25, -0.2) is 4.98 Å². The van der Waals surface area contributed by atoms with Gasteiger partial charge in [-0.05, 0) is 130 Å². The molecule has 256 valence electrons. The molecule has 2 heterocycles. The van der Waals surface area contributed by atoms with Crippen LogP contribution in [0, 0.1) is 0 Å². The molecule has 0 atom stereocenters. The quantitative estimate of drug-likeness (QED) is 0.180. The molecule has 4 heteroatoms. The second kappa shape index (κ2) is 11.5. The SMILES string of the molecule is CC1(C)c2cc3ccc(N(c4ccccc4)c4ccc5c(c4)c4ccccc4n5-c4ccccc4)cc3cc2-c2cc3oc(-c4ccccc4)nc3cc21. The number of oxazole rings is 1. The Morgan fingerprint density at radius 2 is 1.17 bits per heavy atom.